The van der Waals surface area contributed by atoms with Gasteiger partial charge in [-0.1, -0.05) is 6.92 Å². The molecule has 0 aliphatic rings. The highest BCUT2D eigenvalue weighted by Crippen LogP contribution is 2.16. The van der Waals surface area contributed by atoms with Crippen molar-refractivity contribution in [3.63, 3.8) is 0 Å². The predicted octanol–water partition coefficient (Wildman–Crippen LogP) is 1.50. The third kappa shape index (κ3) is 11.0. The standard InChI is InChI=1S/C30H43N11O7/c1-8-11-31-22(42)9-12-33-27(45)24-36-20(16-40(24)6)35-23(43)10-13-32-26(44)19-14-18(15-39(19)5)34-28(46)25-37-21(17-41(25)7)38-29(47)48-30(2,3)4/h14-17H,8-13H2,1-7H3,(H,31,42)(H,32,44)(H,33,45)(H,34,46)(H,35,43)(H,38,47). The molecule has 0 unspecified atom stereocenters. The van der Waals surface area contributed by atoms with Crippen molar-refractivity contribution >= 4 is 53.0 Å². The molecule has 3 heterocycles. The highest BCUT2D eigenvalue weighted by molar-refractivity contribution is 6.03. The van der Waals surface area contributed by atoms with Crippen molar-refractivity contribution in [3.8, 4) is 0 Å². The van der Waals surface area contributed by atoms with E-state index in [0.717, 1.165) is 6.42 Å². The zero-order valence-corrected chi connectivity index (χ0v) is 28.1. The maximum absolute atomic E-state index is 12.9. The first-order valence-electron chi connectivity index (χ1n) is 15.2. The Bertz CT molecular complexity index is 1660. The van der Waals surface area contributed by atoms with Crippen LogP contribution in [0.25, 0.3) is 0 Å². The van der Waals surface area contributed by atoms with E-state index in [1.807, 2.05) is 6.92 Å². The number of nitrogens with zero attached hydrogens (tertiary/aromatic N) is 5. The van der Waals surface area contributed by atoms with Crippen LogP contribution in [0.3, 0.4) is 0 Å². The molecule has 6 amide bonds. The Hall–Kier alpha value is -5.68. The lowest BCUT2D eigenvalue weighted by atomic mass is 10.2. The van der Waals surface area contributed by atoms with Crippen LogP contribution in [0, 0.1) is 0 Å². The van der Waals surface area contributed by atoms with Crippen molar-refractivity contribution < 1.29 is 33.5 Å². The SMILES string of the molecule is CCCNC(=O)CCNC(=O)c1nc(NC(=O)CCNC(=O)c2cc(NC(=O)c3nc(NC(=O)OC(C)(C)C)cn3C)cn2C)cn1C. The first-order valence-corrected chi connectivity index (χ1v) is 15.2. The summed E-state index contributed by atoms with van der Waals surface area (Å²) in [4.78, 5) is 82.6. The van der Waals surface area contributed by atoms with Crippen molar-refractivity contribution in [1.29, 1.82) is 0 Å². The van der Waals surface area contributed by atoms with Gasteiger partial charge in [0.25, 0.3) is 17.7 Å². The van der Waals surface area contributed by atoms with E-state index in [4.69, 9.17) is 4.74 Å². The topological polar surface area (TPSA) is 224 Å². The molecule has 18 heteroatoms. The van der Waals surface area contributed by atoms with E-state index in [1.54, 1.807) is 48.1 Å². The molecule has 0 bridgehead atoms. The van der Waals surface area contributed by atoms with Crippen LogP contribution in [-0.2, 0) is 35.5 Å². The van der Waals surface area contributed by atoms with Gasteiger partial charge in [-0.25, -0.2) is 14.8 Å². The molecule has 18 nitrogen and oxygen atoms in total. The van der Waals surface area contributed by atoms with Crippen molar-refractivity contribution in [2.24, 2.45) is 21.1 Å². The molecule has 48 heavy (non-hydrogen) atoms. The second-order valence-corrected chi connectivity index (χ2v) is 11.8. The van der Waals surface area contributed by atoms with Gasteiger partial charge < -0.3 is 45.0 Å². The Morgan fingerprint density at radius 1 is 0.688 bits per heavy atom. The van der Waals surface area contributed by atoms with E-state index in [1.165, 1.54) is 32.2 Å². The quantitative estimate of drug-likeness (QED) is 0.146. The average molecular weight is 670 g/mol. The average Bonchev–Trinajstić information content (AvgIpc) is 3.65. The summed E-state index contributed by atoms with van der Waals surface area (Å²) in [5.41, 5.74) is -0.157. The van der Waals surface area contributed by atoms with Crippen LogP contribution in [-0.4, -0.2) is 84.5 Å². The van der Waals surface area contributed by atoms with Gasteiger partial charge >= 0.3 is 6.09 Å². The number of amides is 6. The number of ether oxygens (including phenoxy) is 1. The minimum atomic E-state index is -0.712. The fourth-order valence-electron chi connectivity index (χ4n) is 4.24. The number of aryl methyl sites for hydroxylation is 3. The lowest BCUT2D eigenvalue weighted by Crippen LogP contribution is -2.32. The number of hydrogen-bond donors (Lipinski definition) is 6. The number of imidazole rings is 2. The van der Waals surface area contributed by atoms with Gasteiger partial charge in [-0.2, -0.15) is 0 Å². The smallest absolute Gasteiger partial charge is 0.413 e. The van der Waals surface area contributed by atoms with E-state index >= 15 is 0 Å². The van der Waals surface area contributed by atoms with Crippen molar-refractivity contribution in [1.82, 2.24) is 39.6 Å². The Morgan fingerprint density at radius 3 is 1.85 bits per heavy atom. The molecule has 0 aliphatic heterocycles. The van der Waals surface area contributed by atoms with Gasteiger partial charge in [0.15, 0.2) is 11.6 Å². The van der Waals surface area contributed by atoms with E-state index in [2.05, 4.69) is 41.9 Å². The highest BCUT2D eigenvalue weighted by atomic mass is 16.6. The lowest BCUT2D eigenvalue weighted by Gasteiger charge is -2.18. The summed E-state index contributed by atoms with van der Waals surface area (Å²) in [5, 5.41) is 15.8. The number of rotatable bonds is 14. The molecule has 0 saturated carbocycles. The number of hydrogen-bond acceptors (Lipinski definition) is 9. The molecular formula is C30H43N11O7. The third-order valence-electron chi connectivity index (χ3n) is 6.40. The van der Waals surface area contributed by atoms with Gasteiger partial charge in [0, 0.05) is 72.2 Å². The number of nitrogens with one attached hydrogen (secondary N) is 6. The molecule has 6 N–H and O–H groups in total. The molecule has 0 aliphatic carbocycles. The summed E-state index contributed by atoms with van der Waals surface area (Å²) in [6, 6.07) is 1.47. The van der Waals surface area contributed by atoms with Crippen LogP contribution in [0.15, 0.2) is 24.7 Å². The van der Waals surface area contributed by atoms with E-state index in [9.17, 15) is 28.8 Å². The van der Waals surface area contributed by atoms with Crippen LogP contribution >= 0.6 is 0 Å². The molecule has 0 saturated heterocycles. The first-order chi connectivity index (χ1) is 22.6. The Labute approximate surface area is 277 Å². The minimum Gasteiger partial charge on any atom is -0.444 e. The molecule has 3 rings (SSSR count). The molecule has 0 spiro atoms. The van der Waals surface area contributed by atoms with Gasteiger partial charge in [-0.15, -0.1) is 0 Å². The fraction of sp³-hybridized carbons (Fsp3) is 0.467. The molecule has 3 aromatic heterocycles. The maximum atomic E-state index is 12.9. The Morgan fingerprint density at radius 2 is 1.25 bits per heavy atom. The zero-order valence-electron chi connectivity index (χ0n) is 28.1. The predicted molar refractivity (Wildman–Crippen MR) is 175 cm³/mol. The molecular weight excluding hydrogens is 626 g/mol. The molecule has 260 valence electrons. The summed E-state index contributed by atoms with van der Waals surface area (Å²) in [6.07, 6.45) is 4.63. The number of aromatic nitrogens is 5. The number of carbonyl (C=O) groups excluding carboxylic acids is 6. The second-order valence-electron chi connectivity index (χ2n) is 11.8. The Kier molecular flexibility index (Phi) is 12.4. The molecule has 0 fully saturated rings. The van der Waals surface area contributed by atoms with Crippen LogP contribution in [0.4, 0.5) is 22.1 Å². The summed E-state index contributed by atoms with van der Waals surface area (Å²) < 4.78 is 9.59. The monoisotopic (exact) mass is 669 g/mol. The van der Waals surface area contributed by atoms with Gasteiger partial charge in [0.2, 0.25) is 23.5 Å². The minimum absolute atomic E-state index is 0.00148. The van der Waals surface area contributed by atoms with Crippen molar-refractivity contribution in [2.45, 2.75) is 52.6 Å². The van der Waals surface area contributed by atoms with Gasteiger partial charge in [0.05, 0.1) is 5.69 Å². The van der Waals surface area contributed by atoms with Gasteiger partial charge in [0.1, 0.15) is 11.3 Å². The zero-order chi connectivity index (χ0) is 35.6. The van der Waals surface area contributed by atoms with Crippen LogP contribution in [0.5, 0.6) is 0 Å². The summed E-state index contributed by atoms with van der Waals surface area (Å²) in [7, 11) is 4.81. The van der Waals surface area contributed by atoms with E-state index < -0.39 is 35.3 Å². The molecule has 3 aromatic rings. The summed E-state index contributed by atoms with van der Waals surface area (Å²) >= 11 is 0. The fourth-order valence-corrected chi connectivity index (χ4v) is 4.24. The third-order valence-corrected chi connectivity index (χ3v) is 6.40. The van der Waals surface area contributed by atoms with Gasteiger partial charge in [-0.3, -0.25) is 29.3 Å². The molecule has 0 radical (unpaired) electrons. The number of anilines is 3. The molecule has 0 aromatic carbocycles. The summed E-state index contributed by atoms with van der Waals surface area (Å²) in [6.45, 7) is 7.82. The van der Waals surface area contributed by atoms with Crippen LogP contribution in [0.1, 0.15) is 78.7 Å². The lowest BCUT2D eigenvalue weighted by molar-refractivity contribution is -0.121. The normalized spacial score (nSPS) is 11.0. The van der Waals surface area contributed by atoms with Crippen molar-refractivity contribution in [2.75, 3.05) is 35.6 Å². The van der Waals surface area contributed by atoms with E-state index in [0.29, 0.717) is 12.2 Å². The molecule has 0 atom stereocenters. The summed E-state index contributed by atoms with van der Waals surface area (Å²) in [5.74, 6) is -1.81. The largest absolute Gasteiger partial charge is 0.444 e. The van der Waals surface area contributed by atoms with Crippen LogP contribution in [0.2, 0.25) is 0 Å². The highest BCUT2D eigenvalue weighted by Gasteiger charge is 2.21. The van der Waals surface area contributed by atoms with Crippen LogP contribution < -0.4 is 31.9 Å². The van der Waals surface area contributed by atoms with Crippen molar-refractivity contribution in [3.05, 3.63) is 42.0 Å². The second kappa shape index (κ2) is 16.2. The Balaban J connectivity index is 1.47. The van der Waals surface area contributed by atoms with E-state index in [-0.39, 0.29) is 60.8 Å². The van der Waals surface area contributed by atoms with Gasteiger partial charge in [-0.05, 0) is 33.3 Å². The number of carbonyl (C=O) groups is 6. The maximum Gasteiger partial charge on any atom is 0.413 e. The first kappa shape index (κ1) is 36.8.